The van der Waals surface area contributed by atoms with E-state index in [0.717, 1.165) is 32.5 Å². The lowest BCUT2D eigenvalue weighted by atomic mass is 10.3. The van der Waals surface area contributed by atoms with Gasteiger partial charge in [-0.05, 0) is 37.4 Å². The Hall–Kier alpha value is -0.380. The van der Waals surface area contributed by atoms with Crippen LogP contribution in [-0.2, 0) is 11.2 Å². The van der Waals surface area contributed by atoms with E-state index in [0.29, 0.717) is 0 Å². The van der Waals surface area contributed by atoms with Gasteiger partial charge >= 0.3 is 0 Å². The van der Waals surface area contributed by atoms with Gasteiger partial charge < -0.3 is 10.1 Å². The Morgan fingerprint density at radius 3 is 3.08 bits per heavy atom. The summed E-state index contributed by atoms with van der Waals surface area (Å²) in [7, 11) is 1.74. The van der Waals surface area contributed by atoms with Crippen LogP contribution in [0.3, 0.4) is 0 Å². The summed E-state index contributed by atoms with van der Waals surface area (Å²) in [6, 6.07) is 4.28. The molecular formula is C10H17NOS. The van der Waals surface area contributed by atoms with Crippen LogP contribution in [0.25, 0.3) is 0 Å². The summed E-state index contributed by atoms with van der Waals surface area (Å²) in [5.74, 6) is 0. The molecule has 0 aliphatic heterocycles. The van der Waals surface area contributed by atoms with Gasteiger partial charge in [0.25, 0.3) is 0 Å². The van der Waals surface area contributed by atoms with E-state index in [1.807, 2.05) is 11.3 Å². The Morgan fingerprint density at radius 2 is 2.38 bits per heavy atom. The summed E-state index contributed by atoms with van der Waals surface area (Å²) < 4.78 is 4.96. The molecule has 0 bridgehead atoms. The number of ether oxygens (including phenoxy) is 1. The fraction of sp³-hybridized carbons (Fsp3) is 0.600. The molecule has 1 aromatic heterocycles. The first-order valence-corrected chi connectivity index (χ1v) is 5.53. The van der Waals surface area contributed by atoms with E-state index in [9.17, 15) is 0 Å². The van der Waals surface area contributed by atoms with Crippen molar-refractivity contribution in [3.63, 3.8) is 0 Å². The molecule has 0 atom stereocenters. The monoisotopic (exact) mass is 199 g/mol. The average molecular weight is 199 g/mol. The van der Waals surface area contributed by atoms with Crippen molar-refractivity contribution >= 4 is 11.3 Å². The number of nitrogens with one attached hydrogen (secondary N) is 1. The molecule has 0 aliphatic rings. The molecule has 0 radical (unpaired) electrons. The molecule has 3 heteroatoms. The fourth-order valence-electron chi connectivity index (χ4n) is 1.13. The van der Waals surface area contributed by atoms with Crippen molar-refractivity contribution in [1.29, 1.82) is 0 Å². The number of rotatable bonds is 7. The van der Waals surface area contributed by atoms with Crippen LogP contribution < -0.4 is 5.32 Å². The lowest BCUT2D eigenvalue weighted by molar-refractivity contribution is 0.194. The highest BCUT2D eigenvalue weighted by molar-refractivity contribution is 7.09. The van der Waals surface area contributed by atoms with E-state index in [1.54, 1.807) is 7.11 Å². The summed E-state index contributed by atoms with van der Waals surface area (Å²) in [6.07, 6.45) is 2.24. The summed E-state index contributed by atoms with van der Waals surface area (Å²) in [5.41, 5.74) is 0. The van der Waals surface area contributed by atoms with Crippen molar-refractivity contribution in [2.75, 3.05) is 26.8 Å². The molecule has 0 aliphatic carbocycles. The minimum Gasteiger partial charge on any atom is -0.385 e. The van der Waals surface area contributed by atoms with Crippen LogP contribution in [0, 0.1) is 0 Å². The first-order valence-electron chi connectivity index (χ1n) is 4.65. The van der Waals surface area contributed by atoms with E-state index in [4.69, 9.17) is 4.74 Å². The first-order chi connectivity index (χ1) is 6.43. The van der Waals surface area contributed by atoms with Crippen LogP contribution in [0.2, 0.25) is 0 Å². The predicted molar refractivity (Wildman–Crippen MR) is 57.4 cm³/mol. The lowest BCUT2D eigenvalue weighted by Gasteiger charge is -2.02. The molecule has 13 heavy (non-hydrogen) atoms. The third kappa shape index (κ3) is 5.03. The van der Waals surface area contributed by atoms with Gasteiger partial charge in [0.1, 0.15) is 0 Å². The van der Waals surface area contributed by atoms with Gasteiger partial charge in [0.2, 0.25) is 0 Å². The number of hydrogen-bond acceptors (Lipinski definition) is 3. The average Bonchev–Trinajstić information content (AvgIpc) is 2.63. The van der Waals surface area contributed by atoms with Crippen molar-refractivity contribution < 1.29 is 4.74 Å². The Kier molecular flexibility index (Phi) is 5.81. The van der Waals surface area contributed by atoms with Crippen LogP contribution in [0.4, 0.5) is 0 Å². The van der Waals surface area contributed by atoms with Crippen LogP contribution in [-0.4, -0.2) is 26.8 Å². The molecule has 1 rings (SSSR count). The maximum Gasteiger partial charge on any atom is 0.0474 e. The summed E-state index contributed by atoms with van der Waals surface area (Å²) in [5, 5.41) is 5.51. The lowest BCUT2D eigenvalue weighted by Crippen LogP contribution is -2.19. The van der Waals surface area contributed by atoms with Gasteiger partial charge in [0, 0.05) is 18.6 Å². The van der Waals surface area contributed by atoms with Gasteiger partial charge in [0.05, 0.1) is 0 Å². The van der Waals surface area contributed by atoms with Crippen LogP contribution in [0.15, 0.2) is 17.5 Å². The number of thiophene rings is 1. The van der Waals surface area contributed by atoms with E-state index in [-0.39, 0.29) is 0 Å². The summed E-state index contributed by atoms with van der Waals surface area (Å²) in [6.45, 7) is 2.98. The van der Waals surface area contributed by atoms with E-state index in [2.05, 4.69) is 22.8 Å². The standard InChI is InChI=1S/C10H17NOS/c1-12-8-3-6-11-7-5-10-4-2-9-13-10/h2,4,9,11H,3,5-8H2,1H3. The highest BCUT2D eigenvalue weighted by Crippen LogP contribution is 2.07. The highest BCUT2D eigenvalue weighted by Gasteiger charge is 1.92. The second kappa shape index (κ2) is 7.06. The zero-order valence-corrected chi connectivity index (χ0v) is 8.90. The van der Waals surface area contributed by atoms with E-state index in [1.165, 1.54) is 4.88 Å². The van der Waals surface area contributed by atoms with Crippen molar-refractivity contribution in [2.45, 2.75) is 12.8 Å². The molecule has 0 amide bonds. The van der Waals surface area contributed by atoms with Crippen molar-refractivity contribution in [2.24, 2.45) is 0 Å². The smallest absolute Gasteiger partial charge is 0.0474 e. The number of hydrogen-bond donors (Lipinski definition) is 1. The Balaban J connectivity index is 1.90. The molecule has 0 unspecified atom stereocenters. The molecule has 2 nitrogen and oxygen atoms in total. The minimum absolute atomic E-state index is 0.853. The SMILES string of the molecule is COCCCNCCc1cccs1. The first kappa shape index (κ1) is 10.7. The maximum absolute atomic E-state index is 4.96. The molecule has 0 aromatic carbocycles. The molecule has 1 heterocycles. The third-order valence-electron chi connectivity index (χ3n) is 1.83. The number of methoxy groups -OCH3 is 1. The molecular weight excluding hydrogens is 182 g/mol. The van der Waals surface area contributed by atoms with E-state index >= 15 is 0 Å². The summed E-state index contributed by atoms with van der Waals surface area (Å²) in [4.78, 5) is 1.46. The maximum atomic E-state index is 4.96. The molecule has 0 spiro atoms. The Labute approximate surface area is 83.9 Å². The van der Waals surface area contributed by atoms with Gasteiger partial charge in [0.15, 0.2) is 0 Å². The van der Waals surface area contributed by atoms with Crippen LogP contribution >= 0.6 is 11.3 Å². The third-order valence-corrected chi connectivity index (χ3v) is 2.77. The Bertz CT molecular complexity index is 199. The quantitative estimate of drug-likeness (QED) is 0.677. The van der Waals surface area contributed by atoms with Gasteiger partial charge in [-0.15, -0.1) is 11.3 Å². The molecule has 1 aromatic rings. The van der Waals surface area contributed by atoms with E-state index < -0.39 is 0 Å². The van der Waals surface area contributed by atoms with Crippen molar-refractivity contribution in [3.8, 4) is 0 Å². The minimum atomic E-state index is 0.853. The van der Waals surface area contributed by atoms with Gasteiger partial charge in [-0.25, -0.2) is 0 Å². The van der Waals surface area contributed by atoms with Gasteiger partial charge in [-0.2, -0.15) is 0 Å². The highest BCUT2D eigenvalue weighted by atomic mass is 32.1. The Morgan fingerprint density at radius 1 is 1.46 bits per heavy atom. The summed E-state index contributed by atoms with van der Waals surface area (Å²) >= 11 is 1.83. The second-order valence-electron chi connectivity index (χ2n) is 2.93. The normalized spacial score (nSPS) is 10.5. The molecule has 74 valence electrons. The predicted octanol–water partition coefficient (Wildman–Crippen LogP) is 1.92. The molecule has 0 saturated carbocycles. The van der Waals surface area contributed by atoms with Crippen molar-refractivity contribution in [1.82, 2.24) is 5.32 Å². The second-order valence-corrected chi connectivity index (χ2v) is 3.96. The zero-order valence-electron chi connectivity index (χ0n) is 8.08. The largest absolute Gasteiger partial charge is 0.385 e. The van der Waals surface area contributed by atoms with Crippen molar-refractivity contribution in [3.05, 3.63) is 22.4 Å². The molecule has 0 fully saturated rings. The van der Waals surface area contributed by atoms with Crippen LogP contribution in [0.1, 0.15) is 11.3 Å². The molecule has 1 N–H and O–H groups in total. The topological polar surface area (TPSA) is 21.3 Å². The zero-order chi connectivity index (χ0) is 9.36. The fourth-order valence-corrected chi connectivity index (χ4v) is 1.84. The van der Waals surface area contributed by atoms with Crippen LogP contribution in [0.5, 0.6) is 0 Å². The van der Waals surface area contributed by atoms with Gasteiger partial charge in [-0.1, -0.05) is 6.07 Å². The van der Waals surface area contributed by atoms with Gasteiger partial charge in [-0.3, -0.25) is 0 Å². The molecule has 0 saturated heterocycles.